The van der Waals surface area contributed by atoms with Crippen LogP contribution in [-0.4, -0.2) is 22.0 Å². The van der Waals surface area contributed by atoms with E-state index in [2.05, 4.69) is 5.32 Å². The van der Waals surface area contributed by atoms with Crippen LogP contribution in [0, 0.1) is 0 Å². The molecule has 1 heterocycles. The zero-order valence-electron chi connectivity index (χ0n) is 10.3. The highest BCUT2D eigenvalue weighted by molar-refractivity contribution is 8.17. The van der Waals surface area contributed by atoms with Crippen LogP contribution < -0.4 is 5.32 Å². The van der Waals surface area contributed by atoms with Crippen molar-refractivity contribution in [3.8, 4) is 0 Å². The summed E-state index contributed by atoms with van der Waals surface area (Å²) >= 11 is 1.24. The number of benzene rings is 1. The van der Waals surface area contributed by atoms with Gasteiger partial charge in [-0.05, 0) is 19.4 Å². The second-order valence-electron chi connectivity index (χ2n) is 4.66. The summed E-state index contributed by atoms with van der Waals surface area (Å²) in [6.45, 7) is 4.05. The Morgan fingerprint density at radius 3 is 2.61 bits per heavy atom. The molecule has 96 valence electrons. The molecule has 18 heavy (non-hydrogen) atoms. The Hall–Kier alpha value is -1.49. The van der Waals surface area contributed by atoms with Crippen molar-refractivity contribution in [2.75, 3.05) is 0 Å². The van der Waals surface area contributed by atoms with Gasteiger partial charge in [0.1, 0.15) is 12.6 Å². The number of carbonyl (C=O) groups is 2. The van der Waals surface area contributed by atoms with E-state index >= 15 is 0 Å². The molecule has 2 rings (SSSR count). The Morgan fingerprint density at radius 2 is 2.06 bits per heavy atom. The molecule has 1 N–H and O–H groups in total. The first-order valence-electron chi connectivity index (χ1n) is 5.69. The average Bonchev–Trinajstić information content (AvgIpc) is 2.34. The smallest absolute Gasteiger partial charge is 0.408 e. The minimum absolute atomic E-state index is 0.0170. The van der Waals surface area contributed by atoms with Crippen LogP contribution in [0.5, 0.6) is 0 Å². The maximum absolute atomic E-state index is 11.6. The lowest BCUT2D eigenvalue weighted by atomic mass is 10.0. The van der Waals surface area contributed by atoms with Gasteiger partial charge in [0.25, 0.3) is 0 Å². The molecule has 0 unspecified atom stereocenters. The van der Waals surface area contributed by atoms with E-state index in [1.165, 1.54) is 11.8 Å². The average molecular weight is 265 g/mol. The molecule has 0 bridgehead atoms. The van der Waals surface area contributed by atoms with Crippen LogP contribution in [0.3, 0.4) is 0 Å². The van der Waals surface area contributed by atoms with E-state index in [-0.39, 0.29) is 16.5 Å². The van der Waals surface area contributed by atoms with E-state index in [1.54, 1.807) is 0 Å². The number of alkyl carbamates (subject to hydrolysis) is 1. The summed E-state index contributed by atoms with van der Waals surface area (Å²) in [4.78, 5) is 22.9. The summed E-state index contributed by atoms with van der Waals surface area (Å²) in [7, 11) is 0. The third-order valence-electron chi connectivity index (χ3n) is 2.77. The third-order valence-corrected chi connectivity index (χ3v) is 3.97. The van der Waals surface area contributed by atoms with E-state index in [0.29, 0.717) is 0 Å². The van der Waals surface area contributed by atoms with Crippen LogP contribution in [0.1, 0.15) is 19.4 Å². The Balaban J connectivity index is 1.81. The molecular weight excluding hydrogens is 250 g/mol. The highest BCUT2D eigenvalue weighted by Gasteiger charge is 2.49. The topological polar surface area (TPSA) is 55.4 Å². The molecular formula is C13H15NO3S. The number of hydrogen-bond acceptors (Lipinski definition) is 4. The lowest BCUT2D eigenvalue weighted by Crippen LogP contribution is -2.59. The maximum atomic E-state index is 11.6. The Kier molecular flexibility index (Phi) is 3.61. The molecule has 4 nitrogen and oxygen atoms in total. The summed E-state index contributed by atoms with van der Waals surface area (Å²) in [6, 6.07) is 8.96. The standard InChI is InChI=1S/C13H15NO3S/c1-13(2)10(11(15)18-13)14-12(16)17-8-9-6-4-3-5-7-9/h3-7,10H,8H2,1-2H3,(H,14,16)/t10-/m0/s1. The number of carbonyl (C=O) groups excluding carboxylic acids is 2. The van der Waals surface area contributed by atoms with Crippen LogP contribution in [0.4, 0.5) is 4.79 Å². The fraction of sp³-hybridized carbons (Fsp3) is 0.385. The molecule has 1 saturated heterocycles. The first-order chi connectivity index (χ1) is 8.49. The van der Waals surface area contributed by atoms with E-state index in [9.17, 15) is 9.59 Å². The number of thioether (sulfide) groups is 1. The van der Waals surface area contributed by atoms with E-state index in [1.807, 2.05) is 44.2 Å². The Labute approximate surface area is 110 Å². The van der Waals surface area contributed by atoms with Gasteiger partial charge in [0, 0.05) is 4.75 Å². The molecule has 0 aliphatic carbocycles. The summed E-state index contributed by atoms with van der Waals surface area (Å²) in [5.41, 5.74) is 0.918. The maximum Gasteiger partial charge on any atom is 0.408 e. The minimum Gasteiger partial charge on any atom is -0.445 e. The molecule has 1 amide bonds. The van der Waals surface area contributed by atoms with Gasteiger partial charge in [-0.2, -0.15) is 0 Å². The summed E-state index contributed by atoms with van der Waals surface area (Å²) in [5.74, 6) is 0. The molecule has 1 atom stereocenters. The molecule has 0 radical (unpaired) electrons. The predicted molar refractivity (Wildman–Crippen MR) is 70.2 cm³/mol. The molecule has 0 spiro atoms. The molecule has 5 heteroatoms. The van der Waals surface area contributed by atoms with Crippen molar-refractivity contribution < 1.29 is 14.3 Å². The molecule has 1 aromatic rings. The van der Waals surface area contributed by atoms with Crippen molar-refractivity contribution in [2.45, 2.75) is 31.2 Å². The molecule has 1 aromatic carbocycles. The highest BCUT2D eigenvalue weighted by atomic mass is 32.2. The lowest BCUT2D eigenvalue weighted by molar-refractivity contribution is -0.115. The number of nitrogens with one attached hydrogen (secondary N) is 1. The molecule has 1 fully saturated rings. The van der Waals surface area contributed by atoms with Gasteiger partial charge in [-0.1, -0.05) is 42.1 Å². The molecule has 1 aliphatic heterocycles. The fourth-order valence-corrected chi connectivity index (χ4v) is 2.81. The summed E-state index contributed by atoms with van der Waals surface area (Å²) < 4.78 is 4.82. The minimum atomic E-state index is -0.550. The normalized spacial score (nSPS) is 21.0. The molecule has 0 aromatic heterocycles. The van der Waals surface area contributed by atoms with Crippen LogP contribution in [0.15, 0.2) is 30.3 Å². The first kappa shape index (κ1) is 13.0. The summed E-state index contributed by atoms with van der Waals surface area (Å²) in [5, 5.41) is 2.58. The first-order valence-corrected chi connectivity index (χ1v) is 6.51. The van der Waals surface area contributed by atoms with Gasteiger partial charge in [0.05, 0.1) is 0 Å². The number of rotatable bonds is 3. The Bertz CT molecular complexity index is 459. The van der Waals surface area contributed by atoms with E-state index < -0.39 is 12.1 Å². The van der Waals surface area contributed by atoms with Gasteiger partial charge >= 0.3 is 6.09 Å². The monoisotopic (exact) mass is 265 g/mol. The van der Waals surface area contributed by atoms with E-state index in [0.717, 1.165) is 5.56 Å². The Morgan fingerprint density at radius 1 is 1.39 bits per heavy atom. The zero-order chi connectivity index (χ0) is 13.2. The summed E-state index contributed by atoms with van der Waals surface area (Å²) in [6.07, 6.45) is -0.550. The van der Waals surface area contributed by atoms with Crippen molar-refractivity contribution in [3.63, 3.8) is 0 Å². The second-order valence-corrected chi connectivity index (χ2v) is 6.32. The van der Waals surface area contributed by atoms with Crippen molar-refractivity contribution in [3.05, 3.63) is 35.9 Å². The number of hydrogen-bond donors (Lipinski definition) is 1. The van der Waals surface area contributed by atoms with Crippen molar-refractivity contribution in [1.82, 2.24) is 5.32 Å². The third kappa shape index (κ3) is 2.85. The SMILES string of the molecule is CC1(C)SC(=O)[C@@H]1NC(=O)OCc1ccccc1. The zero-order valence-corrected chi connectivity index (χ0v) is 11.1. The quantitative estimate of drug-likeness (QED) is 0.911. The van der Waals surface area contributed by atoms with Crippen molar-refractivity contribution >= 4 is 23.0 Å². The van der Waals surface area contributed by atoms with Gasteiger partial charge in [0.15, 0.2) is 0 Å². The van der Waals surface area contributed by atoms with E-state index in [4.69, 9.17) is 4.74 Å². The van der Waals surface area contributed by atoms with Crippen LogP contribution in [-0.2, 0) is 16.1 Å². The van der Waals surface area contributed by atoms with Crippen LogP contribution in [0.2, 0.25) is 0 Å². The van der Waals surface area contributed by atoms with Gasteiger partial charge in [-0.25, -0.2) is 4.79 Å². The second kappa shape index (κ2) is 5.02. The fourth-order valence-electron chi connectivity index (χ4n) is 1.72. The highest BCUT2D eigenvalue weighted by Crippen LogP contribution is 2.41. The lowest BCUT2D eigenvalue weighted by Gasteiger charge is -2.41. The van der Waals surface area contributed by atoms with Crippen molar-refractivity contribution in [1.29, 1.82) is 0 Å². The van der Waals surface area contributed by atoms with Gasteiger partial charge < -0.3 is 10.1 Å². The van der Waals surface area contributed by atoms with Gasteiger partial charge in [0.2, 0.25) is 5.12 Å². The predicted octanol–water partition coefficient (Wildman–Crippen LogP) is 2.33. The van der Waals surface area contributed by atoms with Gasteiger partial charge in [-0.3, -0.25) is 4.79 Å². The number of ether oxygens (including phenoxy) is 1. The van der Waals surface area contributed by atoms with Gasteiger partial charge in [-0.15, -0.1) is 0 Å². The van der Waals surface area contributed by atoms with Crippen molar-refractivity contribution in [2.24, 2.45) is 0 Å². The number of amides is 1. The largest absolute Gasteiger partial charge is 0.445 e. The van der Waals surface area contributed by atoms with Crippen LogP contribution >= 0.6 is 11.8 Å². The molecule has 0 saturated carbocycles. The molecule has 1 aliphatic rings. The van der Waals surface area contributed by atoms with Crippen LogP contribution in [0.25, 0.3) is 0 Å².